The van der Waals surface area contributed by atoms with Crippen molar-refractivity contribution in [2.45, 2.75) is 51.0 Å². The van der Waals surface area contributed by atoms with Crippen LogP contribution in [0, 0.1) is 0 Å². The molecule has 0 radical (unpaired) electrons. The highest BCUT2D eigenvalue weighted by Crippen LogP contribution is 2.34. The van der Waals surface area contributed by atoms with Crippen LogP contribution in [0.3, 0.4) is 0 Å². The first-order valence-corrected chi connectivity index (χ1v) is 8.43. The Morgan fingerprint density at radius 3 is 2.79 bits per heavy atom. The van der Waals surface area contributed by atoms with Crippen molar-refractivity contribution in [1.29, 1.82) is 0 Å². The molecule has 1 saturated heterocycles. The molecule has 1 unspecified atom stereocenters. The standard InChI is InChI=1S/C20H24F2N2/c1-14(12-17-20(21,22)9-11-23-17)13-19(2,3)18-16-7-5-4-6-15(16)8-10-24-18/h4-8,10,13,17,23H,9,11-12H2,1-3H3/b14-13+. The number of allylic oxidation sites excluding steroid dienone is 1. The van der Waals surface area contributed by atoms with Gasteiger partial charge in [0.05, 0.1) is 11.7 Å². The molecule has 0 amide bonds. The van der Waals surface area contributed by atoms with Crippen LogP contribution < -0.4 is 5.32 Å². The Balaban J connectivity index is 1.89. The molecule has 1 N–H and O–H groups in total. The predicted octanol–water partition coefficient (Wildman–Crippen LogP) is 4.85. The summed E-state index contributed by atoms with van der Waals surface area (Å²) >= 11 is 0. The molecule has 128 valence electrons. The SMILES string of the molecule is C/C(=C\C(C)(C)c1nccc2ccccc12)CC1NCCC1(F)F. The summed E-state index contributed by atoms with van der Waals surface area (Å²) < 4.78 is 27.7. The Morgan fingerprint density at radius 1 is 1.33 bits per heavy atom. The van der Waals surface area contributed by atoms with E-state index in [2.05, 4.69) is 42.4 Å². The van der Waals surface area contributed by atoms with E-state index in [1.54, 1.807) is 0 Å². The second-order valence-corrected chi connectivity index (χ2v) is 7.31. The highest BCUT2D eigenvalue weighted by molar-refractivity contribution is 5.85. The van der Waals surface area contributed by atoms with E-state index in [1.165, 1.54) is 0 Å². The summed E-state index contributed by atoms with van der Waals surface area (Å²) in [7, 11) is 0. The van der Waals surface area contributed by atoms with E-state index in [0.717, 1.165) is 22.0 Å². The fourth-order valence-electron chi connectivity index (χ4n) is 3.66. The molecule has 1 aliphatic rings. The summed E-state index contributed by atoms with van der Waals surface area (Å²) in [5, 5.41) is 5.18. The van der Waals surface area contributed by atoms with Crippen LogP contribution in [0.25, 0.3) is 10.8 Å². The lowest BCUT2D eigenvalue weighted by Gasteiger charge is -2.25. The van der Waals surface area contributed by atoms with Gasteiger partial charge in [0.2, 0.25) is 0 Å². The number of nitrogens with zero attached hydrogens (tertiary/aromatic N) is 1. The third kappa shape index (κ3) is 3.34. The molecule has 4 heteroatoms. The summed E-state index contributed by atoms with van der Waals surface area (Å²) in [4.78, 5) is 4.58. The second kappa shape index (κ2) is 6.25. The minimum absolute atomic E-state index is 0.0702. The minimum Gasteiger partial charge on any atom is -0.308 e. The molecule has 1 aromatic heterocycles. The van der Waals surface area contributed by atoms with E-state index < -0.39 is 12.0 Å². The van der Waals surface area contributed by atoms with E-state index in [9.17, 15) is 8.78 Å². The second-order valence-electron chi connectivity index (χ2n) is 7.31. The van der Waals surface area contributed by atoms with Gasteiger partial charge in [-0.05, 0) is 24.8 Å². The molecule has 1 aliphatic heterocycles. The highest BCUT2D eigenvalue weighted by atomic mass is 19.3. The Morgan fingerprint density at radius 2 is 2.08 bits per heavy atom. The van der Waals surface area contributed by atoms with Crippen molar-refractivity contribution in [3.8, 4) is 0 Å². The summed E-state index contributed by atoms with van der Waals surface area (Å²) in [6, 6.07) is 9.38. The van der Waals surface area contributed by atoms with Gasteiger partial charge in [0.1, 0.15) is 0 Å². The smallest absolute Gasteiger partial charge is 0.264 e. The van der Waals surface area contributed by atoms with Gasteiger partial charge in [0.15, 0.2) is 0 Å². The molecule has 0 spiro atoms. The molecule has 2 aromatic rings. The van der Waals surface area contributed by atoms with Gasteiger partial charge in [-0.15, -0.1) is 0 Å². The third-order valence-electron chi connectivity index (χ3n) is 4.78. The molecular weight excluding hydrogens is 306 g/mol. The number of benzene rings is 1. The first-order chi connectivity index (χ1) is 11.3. The fourth-order valence-corrected chi connectivity index (χ4v) is 3.66. The summed E-state index contributed by atoms with van der Waals surface area (Å²) in [6.07, 6.45) is 4.19. The van der Waals surface area contributed by atoms with E-state index in [0.29, 0.717) is 13.0 Å². The third-order valence-corrected chi connectivity index (χ3v) is 4.78. The van der Waals surface area contributed by atoms with Crippen molar-refractivity contribution in [3.63, 3.8) is 0 Å². The maximum atomic E-state index is 13.8. The number of pyridine rings is 1. The van der Waals surface area contributed by atoms with Crippen LogP contribution in [0.1, 0.15) is 39.3 Å². The zero-order chi connectivity index (χ0) is 17.4. The topological polar surface area (TPSA) is 24.9 Å². The number of halogens is 2. The lowest BCUT2D eigenvalue weighted by Crippen LogP contribution is -2.35. The fraction of sp³-hybridized carbons (Fsp3) is 0.450. The van der Waals surface area contributed by atoms with Gasteiger partial charge in [-0.25, -0.2) is 8.78 Å². The Hall–Kier alpha value is -1.81. The molecule has 3 rings (SSSR count). The average Bonchev–Trinajstić information content (AvgIpc) is 2.84. The van der Waals surface area contributed by atoms with E-state index >= 15 is 0 Å². The van der Waals surface area contributed by atoms with Crippen molar-refractivity contribution >= 4 is 10.8 Å². The van der Waals surface area contributed by atoms with Crippen LogP contribution in [0.4, 0.5) is 8.78 Å². The molecule has 0 saturated carbocycles. The van der Waals surface area contributed by atoms with Crippen LogP contribution >= 0.6 is 0 Å². The molecule has 1 atom stereocenters. The van der Waals surface area contributed by atoms with E-state index in [4.69, 9.17) is 0 Å². The van der Waals surface area contributed by atoms with Gasteiger partial charge in [-0.3, -0.25) is 4.98 Å². The zero-order valence-electron chi connectivity index (χ0n) is 14.4. The van der Waals surface area contributed by atoms with E-state index in [-0.39, 0.29) is 11.8 Å². The molecule has 0 bridgehead atoms. The van der Waals surface area contributed by atoms with Crippen LogP contribution in [0.15, 0.2) is 48.2 Å². The van der Waals surface area contributed by atoms with Crippen molar-refractivity contribution in [3.05, 3.63) is 53.9 Å². The predicted molar refractivity (Wildman–Crippen MR) is 94.5 cm³/mol. The van der Waals surface area contributed by atoms with Gasteiger partial charge < -0.3 is 5.32 Å². The lowest BCUT2D eigenvalue weighted by molar-refractivity contribution is -0.0106. The van der Waals surface area contributed by atoms with Crippen molar-refractivity contribution < 1.29 is 8.78 Å². The molecule has 2 nitrogen and oxygen atoms in total. The van der Waals surface area contributed by atoms with Gasteiger partial charge in [0.25, 0.3) is 5.92 Å². The summed E-state index contributed by atoms with van der Waals surface area (Å²) in [5.41, 5.74) is 1.62. The van der Waals surface area contributed by atoms with Crippen LogP contribution in [0.5, 0.6) is 0 Å². The maximum Gasteiger partial charge on any atom is 0.264 e. The quantitative estimate of drug-likeness (QED) is 0.811. The van der Waals surface area contributed by atoms with Crippen LogP contribution in [-0.4, -0.2) is 23.5 Å². The monoisotopic (exact) mass is 330 g/mol. The largest absolute Gasteiger partial charge is 0.308 e. The number of aromatic nitrogens is 1. The van der Waals surface area contributed by atoms with Gasteiger partial charge in [-0.1, -0.05) is 49.8 Å². The number of fused-ring (bicyclic) bond motifs is 1. The zero-order valence-corrected chi connectivity index (χ0v) is 14.4. The normalized spacial score (nSPS) is 21.4. The molecule has 24 heavy (non-hydrogen) atoms. The lowest BCUT2D eigenvalue weighted by atomic mass is 9.83. The first-order valence-electron chi connectivity index (χ1n) is 8.43. The summed E-state index contributed by atoms with van der Waals surface area (Å²) in [6.45, 7) is 6.50. The van der Waals surface area contributed by atoms with Gasteiger partial charge in [0, 0.05) is 30.0 Å². The Labute approximate surface area is 142 Å². The molecule has 1 fully saturated rings. The van der Waals surface area contributed by atoms with Crippen molar-refractivity contribution in [2.75, 3.05) is 6.54 Å². The van der Waals surface area contributed by atoms with Crippen LogP contribution in [0.2, 0.25) is 0 Å². The van der Waals surface area contributed by atoms with Gasteiger partial charge >= 0.3 is 0 Å². The number of hydrogen-bond donors (Lipinski definition) is 1. The highest BCUT2D eigenvalue weighted by Gasteiger charge is 2.43. The maximum absolute atomic E-state index is 13.8. The minimum atomic E-state index is -2.61. The van der Waals surface area contributed by atoms with Crippen LogP contribution in [-0.2, 0) is 5.41 Å². The average molecular weight is 330 g/mol. The van der Waals surface area contributed by atoms with Crippen molar-refractivity contribution in [1.82, 2.24) is 10.3 Å². The molecule has 1 aromatic carbocycles. The van der Waals surface area contributed by atoms with Crippen molar-refractivity contribution in [2.24, 2.45) is 0 Å². The summed E-state index contributed by atoms with van der Waals surface area (Å²) in [5.74, 6) is -2.61. The number of nitrogens with one attached hydrogen (secondary N) is 1. The Bertz CT molecular complexity index is 760. The molecule has 0 aliphatic carbocycles. The van der Waals surface area contributed by atoms with Gasteiger partial charge in [-0.2, -0.15) is 0 Å². The van der Waals surface area contributed by atoms with E-state index in [1.807, 2.05) is 31.3 Å². The first kappa shape index (κ1) is 17.0. The number of rotatable bonds is 4. The molecular formula is C20H24F2N2. The number of hydrogen-bond acceptors (Lipinski definition) is 2. The molecule has 2 heterocycles. The Kier molecular flexibility index (Phi) is 4.43. The number of alkyl halides is 2.